The van der Waals surface area contributed by atoms with Gasteiger partial charge in [0.15, 0.2) is 0 Å². The first kappa shape index (κ1) is 14.5. The molecule has 1 aliphatic rings. The number of allylic oxidation sites excluding steroid dienone is 1. The molecule has 0 aromatic heterocycles. The molecule has 0 amide bonds. The molecule has 0 aromatic rings. The van der Waals surface area contributed by atoms with Crippen LogP contribution < -0.4 is 0 Å². The van der Waals surface area contributed by atoms with Crippen LogP contribution in [0, 0.1) is 11.8 Å². The molecule has 2 nitrogen and oxygen atoms in total. The van der Waals surface area contributed by atoms with Crippen molar-refractivity contribution in [3.05, 3.63) is 23.8 Å². The molecule has 0 radical (unpaired) electrons. The average molecular weight is 238 g/mol. The van der Waals surface area contributed by atoms with Crippen molar-refractivity contribution in [3.63, 3.8) is 0 Å². The molecule has 1 aliphatic carbocycles. The smallest absolute Gasteiger partial charge is 0.0754 e. The molecule has 0 aliphatic heterocycles. The second kappa shape index (κ2) is 6.36. The highest BCUT2D eigenvalue weighted by Crippen LogP contribution is 2.32. The van der Waals surface area contributed by atoms with E-state index in [0.717, 1.165) is 31.3 Å². The van der Waals surface area contributed by atoms with Gasteiger partial charge in [0.05, 0.1) is 12.2 Å². The Labute approximate surface area is 105 Å². The molecular weight excluding hydrogens is 212 g/mol. The van der Waals surface area contributed by atoms with Crippen LogP contribution in [-0.4, -0.2) is 22.4 Å². The topological polar surface area (TPSA) is 40.5 Å². The predicted molar refractivity (Wildman–Crippen MR) is 71.7 cm³/mol. The zero-order valence-electron chi connectivity index (χ0n) is 11.3. The maximum atomic E-state index is 10.0. The average Bonchev–Trinajstić information content (AvgIpc) is 2.25. The molecule has 0 fully saturated rings. The lowest BCUT2D eigenvalue weighted by molar-refractivity contribution is 0.0910. The van der Waals surface area contributed by atoms with Gasteiger partial charge in [-0.05, 0) is 51.4 Å². The van der Waals surface area contributed by atoms with Crippen LogP contribution in [0.4, 0.5) is 0 Å². The highest BCUT2D eigenvalue weighted by atomic mass is 16.3. The van der Waals surface area contributed by atoms with Gasteiger partial charge in [0.1, 0.15) is 0 Å². The Morgan fingerprint density at radius 1 is 1.53 bits per heavy atom. The van der Waals surface area contributed by atoms with Crippen LogP contribution in [0.5, 0.6) is 0 Å². The largest absolute Gasteiger partial charge is 0.389 e. The molecule has 1 rings (SSSR count). The first-order valence-electron chi connectivity index (χ1n) is 6.60. The number of hydrogen-bond donors (Lipinski definition) is 2. The molecule has 4 unspecified atom stereocenters. The third-order valence-corrected chi connectivity index (χ3v) is 3.96. The molecule has 2 N–H and O–H groups in total. The molecule has 0 spiro atoms. The number of hydrogen-bond acceptors (Lipinski definition) is 2. The van der Waals surface area contributed by atoms with Crippen LogP contribution in [0.1, 0.15) is 46.5 Å². The summed E-state index contributed by atoms with van der Waals surface area (Å²) in [6, 6.07) is 0. The highest BCUT2D eigenvalue weighted by molar-refractivity contribution is 5.08. The Bertz CT molecular complexity index is 293. The Kier molecular flexibility index (Phi) is 5.41. The van der Waals surface area contributed by atoms with Gasteiger partial charge in [0, 0.05) is 0 Å². The van der Waals surface area contributed by atoms with Gasteiger partial charge < -0.3 is 10.2 Å². The fourth-order valence-electron chi connectivity index (χ4n) is 2.57. The molecule has 0 saturated carbocycles. The summed E-state index contributed by atoms with van der Waals surface area (Å²) in [5.41, 5.74) is 2.13. The van der Waals surface area contributed by atoms with Gasteiger partial charge in [-0.3, -0.25) is 0 Å². The van der Waals surface area contributed by atoms with E-state index in [0.29, 0.717) is 11.8 Å². The second-order valence-electron chi connectivity index (χ2n) is 5.62. The monoisotopic (exact) mass is 238 g/mol. The fraction of sp³-hybridized carbons (Fsp3) is 0.733. The summed E-state index contributed by atoms with van der Waals surface area (Å²) < 4.78 is 0. The Balaban J connectivity index is 2.43. The van der Waals surface area contributed by atoms with E-state index < -0.39 is 6.10 Å². The Hall–Kier alpha value is -0.600. The first-order valence-corrected chi connectivity index (χ1v) is 6.60. The lowest BCUT2D eigenvalue weighted by Gasteiger charge is -2.31. The van der Waals surface area contributed by atoms with E-state index in [1.54, 1.807) is 0 Å². The SMILES string of the molecule is C=C(C)C(O)CCC(C)C1CCC(C)=CC1O. The molecule has 4 atom stereocenters. The minimum absolute atomic E-state index is 0.305. The lowest BCUT2D eigenvalue weighted by atomic mass is 9.77. The van der Waals surface area contributed by atoms with Crippen molar-refractivity contribution in [1.82, 2.24) is 0 Å². The van der Waals surface area contributed by atoms with Gasteiger partial charge in [-0.1, -0.05) is 30.7 Å². The minimum Gasteiger partial charge on any atom is -0.389 e. The third kappa shape index (κ3) is 4.29. The van der Waals surface area contributed by atoms with Crippen LogP contribution in [-0.2, 0) is 0 Å². The zero-order chi connectivity index (χ0) is 13.0. The summed E-state index contributed by atoms with van der Waals surface area (Å²) in [6.07, 6.45) is 5.14. The molecule has 0 saturated heterocycles. The predicted octanol–water partition coefficient (Wildman–Crippen LogP) is 3.06. The number of aliphatic hydroxyl groups is 2. The summed E-state index contributed by atoms with van der Waals surface area (Å²) in [4.78, 5) is 0. The molecular formula is C15H26O2. The summed E-state index contributed by atoms with van der Waals surface area (Å²) in [7, 11) is 0. The van der Waals surface area contributed by atoms with E-state index in [1.165, 1.54) is 5.57 Å². The van der Waals surface area contributed by atoms with Crippen LogP contribution in [0.15, 0.2) is 23.8 Å². The van der Waals surface area contributed by atoms with Gasteiger partial charge in [-0.2, -0.15) is 0 Å². The standard InChI is InChI=1S/C15H26O2/c1-10(2)14(16)8-6-12(4)13-7-5-11(3)9-15(13)17/h9,12-17H,1,5-8H2,2-4H3. The molecule has 2 heteroatoms. The van der Waals surface area contributed by atoms with E-state index in [1.807, 2.05) is 13.0 Å². The first-order chi connectivity index (χ1) is 7.91. The minimum atomic E-state index is -0.393. The van der Waals surface area contributed by atoms with E-state index >= 15 is 0 Å². The van der Waals surface area contributed by atoms with Crippen molar-refractivity contribution in [1.29, 1.82) is 0 Å². The number of aliphatic hydroxyl groups excluding tert-OH is 2. The summed E-state index contributed by atoms with van der Waals surface area (Å²) in [6.45, 7) is 9.87. The summed E-state index contributed by atoms with van der Waals surface area (Å²) in [5.74, 6) is 0.791. The maximum Gasteiger partial charge on any atom is 0.0754 e. The second-order valence-corrected chi connectivity index (χ2v) is 5.62. The van der Waals surface area contributed by atoms with Crippen LogP contribution in [0.2, 0.25) is 0 Å². The molecule has 0 bridgehead atoms. The van der Waals surface area contributed by atoms with E-state index in [4.69, 9.17) is 0 Å². The van der Waals surface area contributed by atoms with Crippen molar-refractivity contribution in [2.75, 3.05) is 0 Å². The van der Waals surface area contributed by atoms with E-state index in [2.05, 4.69) is 20.4 Å². The molecule has 0 heterocycles. The maximum absolute atomic E-state index is 10.0. The summed E-state index contributed by atoms with van der Waals surface area (Å²) in [5, 5.41) is 19.7. The number of rotatable bonds is 5. The lowest BCUT2D eigenvalue weighted by Crippen LogP contribution is -2.28. The van der Waals surface area contributed by atoms with Gasteiger partial charge in [0.2, 0.25) is 0 Å². The zero-order valence-corrected chi connectivity index (χ0v) is 11.3. The van der Waals surface area contributed by atoms with Crippen LogP contribution in [0.3, 0.4) is 0 Å². The Morgan fingerprint density at radius 2 is 2.18 bits per heavy atom. The van der Waals surface area contributed by atoms with Gasteiger partial charge in [-0.15, -0.1) is 0 Å². The van der Waals surface area contributed by atoms with Crippen molar-refractivity contribution in [2.24, 2.45) is 11.8 Å². The quantitative estimate of drug-likeness (QED) is 0.723. The molecule has 17 heavy (non-hydrogen) atoms. The third-order valence-electron chi connectivity index (χ3n) is 3.96. The van der Waals surface area contributed by atoms with E-state index in [-0.39, 0.29) is 6.10 Å². The van der Waals surface area contributed by atoms with E-state index in [9.17, 15) is 10.2 Å². The highest BCUT2D eigenvalue weighted by Gasteiger charge is 2.27. The van der Waals surface area contributed by atoms with Gasteiger partial charge in [-0.25, -0.2) is 0 Å². The molecule has 0 aromatic carbocycles. The Morgan fingerprint density at radius 3 is 2.71 bits per heavy atom. The van der Waals surface area contributed by atoms with Crippen LogP contribution in [0.25, 0.3) is 0 Å². The fourth-order valence-corrected chi connectivity index (χ4v) is 2.57. The summed E-state index contributed by atoms with van der Waals surface area (Å²) >= 11 is 0. The van der Waals surface area contributed by atoms with Crippen LogP contribution >= 0.6 is 0 Å². The van der Waals surface area contributed by atoms with Crippen molar-refractivity contribution in [3.8, 4) is 0 Å². The van der Waals surface area contributed by atoms with Gasteiger partial charge >= 0.3 is 0 Å². The normalized spacial score (nSPS) is 28.4. The van der Waals surface area contributed by atoms with Crippen molar-refractivity contribution in [2.45, 2.75) is 58.7 Å². The van der Waals surface area contributed by atoms with Crippen molar-refractivity contribution < 1.29 is 10.2 Å². The molecule has 98 valence electrons. The van der Waals surface area contributed by atoms with Crippen molar-refractivity contribution >= 4 is 0 Å². The van der Waals surface area contributed by atoms with Gasteiger partial charge in [0.25, 0.3) is 0 Å².